The second kappa shape index (κ2) is 9.22. The summed E-state index contributed by atoms with van der Waals surface area (Å²) in [5.41, 5.74) is 6.79. The Labute approximate surface area is 181 Å². The first-order chi connectivity index (χ1) is 14.8. The van der Waals surface area contributed by atoms with Gasteiger partial charge in [0.05, 0.1) is 12.2 Å². The topological polar surface area (TPSA) is 115 Å². The molecule has 0 radical (unpaired) electrons. The van der Waals surface area contributed by atoms with Gasteiger partial charge in [-0.3, -0.25) is 4.79 Å². The van der Waals surface area contributed by atoms with Crippen molar-refractivity contribution in [1.29, 1.82) is 0 Å². The minimum absolute atomic E-state index is 0.000599. The van der Waals surface area contributed by atoms with Crippen LogP contribution < -0.4 is 15.2 Å². The van der Waals surface area contributed by atoms with E-state index in [1.54, 1.807) is 45.2 Å². The maximum atomic E-state index is 12.6. The zero-order valence-corrected chi connectivity index (χ0v) is 17.9. The number of rotatable bonds is 10. The number of ether oxygens (including phenoxy) is 2. The SMILES string of the molecule is CCOc1cccc(C=O)c1OC(CC(N)c1c[nH]c2ccccc12)(C(=O)O)C(C)C. The van der Waals surface area contributed by atoms with Gasteiger partial charge < -0.3 is 25.3 Å². The number of benzene rings is 2. The van der Waals surface area contributed by atoms with Crippen molar-refractivity contribution in [2.24, 2.45) is 11.7 Å². The van der Waals surface area contributed by atoms with Crippen molar-refractivity contribution in [3.63, 3.8) is 0 Å². The monoisotopic (exact) mass is 424 g/mol. The van der Waals surface area contributed by atoms with Crippen molar-refractivity contribution >= 4 is 23.2 Å². The predicted octanol–water partition coefficient (Wildman–Crippen LogP) is 4.33. The average molecular weight is 424 g/mol. The van der Waals surface area contributed by atoms with Gasteiger partial charge in [0.25, 0.3) is 0 Å². The van der Waals surface area contributed by atoms with Gasteiger partial charge in [0.1, 0.15) is 0 Å². The molecule has 0 bridgehead atoms. The number of aromatic nitrogens is 1. The molecule has 2 atom stereocenters. The molecule has 0 saturated carbocycles. The van der Waals surface area contributed by atoms with Crippen LogP contribution >= 0.6 is 0 Å². The standard InChI is InChI=1S/C24H28N2O5/c1-4-30-21-11-7-8-16(14-27)22(21)31-24(15(2)3,23(28)29)12-19(25)18-13-26-20-10-6-5-9-17(18)20/h5-11,13-15,19,26H,4,12,25H2,1-3H3,(H,28,29). The smallest absolute Gasteiger partial charge is 0.348 e. The molecule has 0 aliphatic heterocycles. The van der Waals surface area contributed by atoms with Gasteiger partial charge in [0.15, 0.2) is 17.8 Å². The minimum atomic E-state index is -1.68. The van der Waals surface area contributed by atoms with Crippen LogP contribution in [0.15, 0.2) is 48.7 Å². The number of carbonyl (C=O) groups excluding carboxylic acids is 1. The quantitative estimate of drug-likeness (QED) is 0.417. The molecule has 0 fully saturated rings. The van der Waals surface area contributed by atoms with Crippen LogP contribution in [0.5, 0.6) is 11.5 Å². The Balaban J connectivity index is 2.05. The van der Waals surface area contributed by atoms with Crippen LogP contribution in [-0.2, 0) is 4.79 Å². The summed E-state index contributed by atoms with van der Waals surface area (Å²) in [6.07, 6.45) is 2.43. The maximum absolute atomic E-state index is 12.6. The molecule has 1 aromatic heterocycles. The number of H-pyrrole nitrogens is 1. The summed E-state index contributed by atoms with van der Waals surface area (Å²) in [5.74, 6) is -1.17. The molecule has 31 heavy (non-hydrogen) atoms. The zero-order valence-electron chi connectivity index (χ0n) is 17.9. The Morgan fingerprint density at radius 3 is 2.61 bits per heavy atom. The summed E-state index contributed by atoms with van der Waals surface area (Å²) < 4.78 is 11.8. The van der Waals surface area contributed by atoms with Crippen molar-refractivity contribution in [3.8, 4) is 11.5 Å². The van der Waals surface area contributed by atoms with Crippen molar-refractivity contribution < 1.29 is 24.2 Å². The number of nitrogens with two attached hydrogens (primary N) is 1. The number of carboxylic acid groups (broad SMARTS) is 1. The van der Waals surface area contributed by atoms with Crippen LogP contribution in [0.25, 0.3) is 10.9 Å². The first-order valence-electron chi connectivity index (χ1n) is 10.3. The Morgan fingerprint density at radius 1 is 1.23 bits per heavy atom. The van der Waals surface area contributed by atoms with Gasteiger partial charge >= 0.3 is 5.97 Å². The minimum Gasteiger partial charge on any atom is -0.490 e. The third-order valence-corrected chi connectivity index (χ3v) is 5.56. The van der Waals surface area contributed by atoms with Crippen LogP contribution in [0.3, 0.4) is 0 Å². The van der Waals surface area contributed by atoms with Gasteiger partial charge in [-0.15, -0.1) is 0 Å². The molecule has 2 aromatic carbocycles. The number of aromatic amines is 1. The van der Waals surface area contributed by atoms with Gasteiger partial charge in [-0.25, -0.2) is 4.79 Å². The lowest BCUT2D eigenvalue weighted by atomic mass is 9.82. The van der Waals surface area contributed by atoms with E-state index in [9.17, 15) is 14.7 Å². The average Bonchev–Trinajstić information content (AvgIpc) is 3.18. The number of para-hydroxylation sites is 2. The fraction of sp³-hybridized carbons (Fsp3) is 0.333. The van der Waals surface area contributed by atoms with E-state index >= 15 is 0 Å². The molecule has 164 valence electrons. The molecule has 7 heteroatoms. The molecule has 3 aromatic rings. The molecule has 4 N–H and O–H groups in total. The Kier molecular flexibility index (Phi) is 6.65. The molecule has 0 aliphatic rings. The molecule has 0 saturated heterocycles. The Bertz CT molecular complexity index is 1070. The lowest BCUT2D eigenvalue weighted by Crippen LogP contribution is -2.51. The van der Waals surface area contributed by atoms with Crippen LogP contribution in [-0.4, -0.2) is 34.6 Å². The fourth-order valence-electron chi connectivity index (χ4n) is 3.80. The highest BCUT2D eigenvalue weighted by Gasteiger charge is 2.47. The van der Waals surface area contributed by atoms with E-state index in [0.29, 0.717) is 18.6 Å². The second-order valence-electron chi connectivity index (χ2n) is 7.78. The number of nitrogens with one attached hydrogen (secondary N) is 1. The summed E-state index contributed by atoms with van der Waals surface area (Å²) in [6.45, 7) is 5.67. The fourth-order valence-corrected chi connectivity index (χ4v) is 3.80. The van der Waals surface area contributed by atoms with E-state index in [-0.39, 0.29) is 17.7 Å². The lowest BCUT2D eigenvalue weighted by Gasteiger charge is -2.36. The maximum Gasteiger partial charge on any atom is 0.348 e. The number of hydrogen-bond acceptors (Lipinski definition) is 5. The van der Waals surface area contributed by atoms with Gasteiger partial charge in [0, 0.05) is 35.5 Å². The molecule has 0 spiro atoms. The van der Waals surface area contributed by atoms with Crippen molar-refractivity contribution in [2.75, 3.05) is 6.61 Å². The lowest BCUT2D eigenvalue weighted by molar-refractivity contribution is -0.161. The summed E-state index contributed by atoms with van der Waals surface area (Å²) in [6, 6.07) is 12.0. The number of carboxylic acids is 1. The number of hydrogen-bond donors (Lipinski definition) is 3. The molecular formula is C24H28N2O5. The predicted molar refractivity (Wildman–Crippen MR) is 119 cm³/mol. The third kappa shape index (κ3) is 4.27. The summed E-state index contributed by atoms with van der Waals surface area (Å²) in [5, 5.41) is 11.2. The molecule has 1 heterocycles. The molecular weight excluding hydrogens is 396 g/mol. The normalized spacial score (nSPS) is 14.2. The van der Waals surface area contributed by atoms with E-state index in [0.717, 1.165) is 16.5 Å². The number of aldehydes is 1. The highest BCUT2D eigenvalue weighted by Crippen LogP contribution is 2.40. The highest BCUT2D eigenvalue weighted by atomic mass is 16.6. The summed E-state index contributed by atoms with van der Waals surface area (Å²) in [7, 11) is 0. The molecule has 0 aliphatic carbocycles. The van der Waals surface area contributed by atoms with E-state index in [1.807, 2.05) is 24.3 Å². The highest BCUT2D eigenvalue weighted by molar-refractivity contribution is 5.85. The Morgan fingerprint density at radius 2 is 1.97 bits per heavy atom. The van der Waals surface area contributed by atoms with Crippen LogP contribution in [0.1, 0.15) is 49.2 Å². The van der Waals surface area contributed by atoms with Gasteiger partial charge in [-0.1, -0.05) is 38.1 Å². The zero-order chi connectivity index (χ0) is 22.6. The first kappa shape index (κ1) is 22.4. The van der Waals surface area contributed by atoms with Gasteiger partial charge in [-0.05, 0) is 30.7 Å². The van der Waals surface area contributed by atoms with Gasteiger partial charge in [-0.2, -0.15) is 0 Å². The summed E-state index contributed by atoms with van der Waals surface area (Å²) in [4.78, 5) is 27.4. The van der Waals surface area contributed by atoms with Crippen LogP contribution in [0.2, 0.25) is 0 Å². The van der Waals surface area contributed by atoms with Crippen molar-refractivity contribution in [3.05, 3.63) is 59.8 Å². The molecule has 2 unspecified atom stereocenters. The molecule has 3 rings (SSSR count). The summed E-state index contributed by atoms with van der Waals surface area (Å²) >= 11 is 0. The second-order valence-corrected chi connectivity index (χ2v) is 7.78. The largest absolute Gasteiger partial charge is 0.490 e. The molecule has 7 nitrogen and oxygen atoms in total. The third-order valence-electron chi connectivity index (χ3n) is 5.56. The van der Waals surface area contributed by atoms with Crippen LogP contribution in [0.4, 0.5) is 0 Å². The van der Waals surface area contributed by atoms with Crippen LogP contribution in [0, 0.1) is 5.92 Å². The van der Waals surface area contributed by atoms with E-state index < -0.39 is 23.5 Å². The van der Waals surface area contributed by atoms with E-state index in [4.69, 9.17) is 15.2 Å². The molecule has 0 amide bonds. The number of fused-ring (bicyclic) bond motifs is 1. The van der Waals surface area contributed by atoms with Gasteiger partial charge in [0.2, 0.25) is 5.60 Å². The van der Waals surface area contributed by atoms with Crippen molar-refractivity contribution in [1.82, 2.24) is 4.98 Å². The van der Waals surface area contributed by atoms with E-state index in [1.165, 1.54) is 0 Å². The number of carbonyl (C=O) groups is 2. The first-order valence-corrected chi connectivity index (χ1v) is 10.3. The number of aliphatic carboxylic acids is 1. The van der Waals surface area contributed by atoms with E-state index in [2.05, 4.69) is 4.98 Å². The van der Waals surface area contributed by atoms with Crippen molar-refractivity contribution in [2.45, 2.75) is 38.8 Å². The Hall–Kier alpha value is -3.32.